The number of nitrogens with one attached hydrogen (secondary N) is 1. The summed E-state index contributed by atoms with van der Waals surface area (Å²) in [6.07, 6.45) is 3.11. The molecule has 0 fully saturated rings. The first-order valence-electron chi connectivity index (χ1n) is 3.99. The number of amides is 1. The molecule has 0 aromatic carbocycles. The molecule has 0 heterocycles. The Balaban J connectivity index is 3.61. The minimum atomic E-state index is -0.108. The Morgan fingerprint density at radius 1 is 1.58 bits per heavy atom. The Bertz CT molecular complexity index is 175. The average Bonchev–Trinajstić information content (AvgIpc) is 2.10. The van der Waals surface area contributed by atoms with Crippen molar-refractivity contribution in [3.8, 4) is 0 Å². The van der Waals surface area contributed by atoms with Gasteiger partial charge < -0.3 is 11.1 Å². The van der Waals surface area contributed by atoms with Gasteiger partial charge >= 0.3 is 0 Å². The number of hydrogen-bond donors (Lipinski definition) is 2. The first kappa shape index (κ1) is 10.9. The molecule has 0 atom stereocenters. The second-order valence-corrected chi connectivity index (χ2v) is 2.49. The van der Waals surface area contributed by atoms with Gasteiger partial charge in [0.15, 0.2) is 0 Å². The van der Waals surface area contributed by atoms with E-state index in [2.05, 4.69) is 18.5 Å². The van der Waals surface area contributed by atoms with Crippen molar-refractivity contribution < 1.29 is 4.79 Å². The standard InChI is InChI=1S/C9H16N2O/c1-3-7-11-9(12)8(2)5-4-6-10/h3H,1-2,4-7,10H2,(H,11,12). The summed E-state index contributed by atoms with van der Waals surface area (Å²) >= 11 is 0. The van der Waals surface area contributed by atoms with Crippen LogP contribution in [0.5, 0.6) is 0 Å². The predicted octanol–water partition coefficient (Wildman–Crippen LogP) is 0.584. The van der Waals surface area contributed by atoms with E-state index < -0.39 is 0 Å². The van der Waals surface area contributed by atoms with Crippen molar-refractivity contribution in [2.24, 2.45) is 5.73 Å². The van der Waals surface area contributed by atoms with E-state index in [1.54, 1.807) is 6.08 Å². The topological polar surface area (TPSA) is 55.1 Å². The molecule has 0 unspecified atom stereocenters. The number of nitrogens with two attached hydrogens (primary N) is 1. The molecule has 0 aromatic rings. The smallest absolute Gasteiger partial charge is 0.246 e. The van der Waals surface area contributed by atoms with Gasteiger partial charge in [0.1, 0.15) is 0 Å². The van der Waals surface area contributed by atoms with E-state index in [1.165, 1.54) is 0 Å². The summed E-state index contributed by atoms with van der Waals surface area (Å²) in [5.41, 5.74) is 5.87. The normalized spacial score (nSPS) is 9.08. The van der Waals surface area contributed by atoms with Crippen LogP contribution in [0.1, 0.15) is 12.8 Å². The lowest BCUT2D eigenvalue weighted by atomic mass is 10.1. The van der Waals surface area contributed by atoms with Gasteiger partial charge in [0.05, 0.1) is 0 Å². The largest absolute Gasteiger partial charge is 0.349 e. The summed E-state index contributed by atoms with van der Waals surface area (Å²) in [4.78, 5) is 11.1. The second kappa shape index (κ2) is 6.61. The van der Waals surface area contributed by atoms with E-state index in [4.69, 9.17) is 5.73 Å². The van der Waals surface area contributed by atoms with E-state index in [-0.39, 0.29) is 5.91 Å². The lowest BCUT2D eigenvalue weighted by Gasteiger charge is -2.03. The monoisotopic (exact) mass is 168 g/mol. The molecule has 0 aliphatic heterocycles. The zero-order chi connectivity index (χ0) is 9.40. The molecule has 0 rings (SSSR count). The Labute approximate surface area is 73.3 Å². The maximum absolute atomic E-state index is 11.1. The fourth-order valence-electron chi connectivity index (χ4n) is 0.719. The number of carbonyl (C=O) groups excluding carboxylic acids is 1. The van der Waals surface area contributed by atoms with Crippen LogP contribution in [0, 0.1) is 0 Å². The van der Waals surface area contributed by atoms with Crippen LogP contribution in [0.3, 0.4) is 0 Å². The van der Waals surface area contributed by atoms with E-state index in [0.29, 0.717) is 25.1 Å². The van der Waals surface area contributed by atoms with Crippen molar-refractivity contribution in [2.45, 2.75) is 12.8 Å². The van der Waals surface area contributed by atoms with E-state index in [9.17, 15) is 4.79 Å². The quantitative estimate of drug-likeness (QED) is 0.450. The van der Waals surface area contributed by atoms with Gasteiger partial charge in [0.25, 0.3) is 0 Å². The Kier molecular flexibility index (Phi) is 6.01. The molecule has 3 N–H and O–H groups in total. The van der Waals surface area contributed by atoms with Crippen LogP contribution < -0.4 is 11.1 Å². The SMILES string of the molecule is C=CCNC(=O)C(=C)CCCN. The summed E-state index contributed by atoms with van der Waals surface area (Å²) in [5.74, 6) is -0.108. The predicted molar refractivity (Wildman–Crippen MR) is 50.6 cm³/mol. The molecular weight excluding hydrogens is 152 g/mol. The van der Waals surface area contributed by atoms with Crippen molar-refractivity contribution in [1.29, 1.82) is 0 Å². The molecule has 0 radical (unpaired) electrons. The van der Waals surface area contributed by atoms with Crippen LogP contribution in [0.4, 0.5) is 0 Å². The molecule has 0 spiro atoms. The number of rotatable bonds is 6. The van der Waals surface area contributed by atoms with E-state index in [1.807, 2.05) is 0 Å². The highest BCUT2D eigenvalue weighted by Gasteiger charge is 2.03. The lowest BCUT2D eigenvalue weighted by molar-refractivity contribution is -0.117. The van der Waals surface area contributed by atoms with Crippen LogP contribution in [0.25, 0.3) is 0 Å². The minimum absolute atomic E-state index is 0.108. The van der Waals surface area contributed by atoms with Crippen LogP contribution in [-0.4, -0.2) is 19.0 Å². The Morgan fingerprint density at radius 3 is 2.75 bits per heavy atom. The zero-order valence-electron chi connectivity index (χ0n) is 7.31. The Hall–Kier alpha value is -1.09. The molecule has 0 aromatic heterocycles. The van der Waals surface area contributed by atoms with Crippen LogP contribution in [-0.2, 0) is 4.79 Å². The first-order valence-corrected chi connectivity index (χ1v) is 3.99. The summed E-state index contributed by atoms with van der Waals surface area (Å²) in [6, 6.07) is 0. The molecule has 12 heavy (non-hydrogen) atoms. The third kappa shape index (κ3) is 4.68. The fourth-order valence-corrected chi connectivity index (χ4v) is 0.719. The van der Waals surface area contributed by atoms with Gasteiger partial charge in [0, 0.05) is 12.1 Å². The highest BCUT2D eigenvalue weighted by molar-refractivity contribution is 5.92. The molecule has 0 saturated heterocycles. The van der Waals surface area contributed by atoms with Gasteiger partial charge in [-0.1, -0.05) is 12.7 Å². The second-order valence-electron chi connectivity index (χ2n) is 2.49. The molecule has 0 bridgehead atoms. The first-order chi connectivity index (χ1) is 5.72. The van der Waals surface area contributed by atoms with Crippen LogP contribution >= 0.6 is 0 Å². The van der Waals surface area contributed by atoms with Crippen molar-refractivity contribution in [3.05, 3.63) is 24.8 Å². The summed E-state index contributed by atoms with van der Waals surface area (Å²) in [5, 5.41) is 2.64. The third-order valence-corrected chi connectivity index (χ3v) is 1.41. The van der Waals surface area contributed by atoms with Gasteiger partial charge in [-0.25, -0.2) is 0 Å². The van der Waals surface area contributed by atoms with Crippen molar-refractivity contribution in [1.82, 2.24) is 5.32 Å². The molecular formula is C9H16N2O. The fraction of sp³-hybridized carbons (Fsp3) is 0.444. The van der Waals surface area contributed by atoms with Crippen molar-refractivity contribution in [2.75, 3.05) is 13.1 Å². The maximum Gasteiger partial charge on any atom is 0.246 e. The van der Waals surface area contributed by atoms with E-state index in [0.717, 1.165) is 6.42 Å². The maximum atomic E-state index is 11.1. The third-order valence-electron chi connectivity index (χ3n) is 1.41. The number of hydrogen-bond acceptors (Lipinski definition) is 2. The van der Waals surface area contributed by atoms with Gasteiger partial charge in [-0.2, -0.15) is 0 Å². The average molecular weight is 168 g/mol. The van der Waals surface area contributed by atoms with Gasteiger partial charge in [-0.3, -0.25) is 4.79 Å². The summed E-state index contributed by atoms with van der Waals surface area (Å²) in [7, 11) is 0. The highest BCUT2D eigenvalue weighted by atomic mass is 16.1. The number of carbonyl (C=O) groups is 1. The Morgan fingerprint density at radius 2 is 2.25 bits per heavy atom. The molecule has 3 nitrogen and oxygen atoms in total. The molecule has 3 heteroatoms. The van der Waals surface area contributed by atoms with Gasteiger partial charge in [-0.15, -0.1) is 6.58 Å². The minimum Gasteiger partial charge on any atom is -0.349 e. The van der Waals surface area contributed by atoms with Gasteiger partial charge in [-0.05, 0) is 19.4 Å². The van der Waals surface area contributed by atoms with Gasteiger partial charge in [0.2, 0.25) is 5.91 Å². The summed E-state index contributed by atoms with van der Waals surface area (Å²) in [6.45, 7) is 8.21. The molecule has 68 valence electrons. The molecule has 1 amide bonds. The van der Waals surface area contributed by atoms with Crippen LogP contribution in [0.15, 0.2) is 24.8 Å². The molecule has 0 aliphatic carbocycles. The summed E-state index contributed by atoms with van der Waals surface area (Å²) < 4.78 is 0. The van der Waals surface area contributed by atoms with Crippen molar-refractivity contribution >= 4 is 5.91 Å². The van der Waals surface area contributed by atoms with Crippen molar-refractivity contribution in [3.63, 3.8) is 0 Å². The highest BCUT2D eigenvalue weighted by Crippen LogP contribution is 2.00. The lowest BCUT2D eigenvalue weighted by Crippen LogP contribution is -2.24. The zero-order valence-corrected chi connectivity index (χ0v) is 7.31. The molecule has 0 aliphatic rings. The van der Waals surface area contributed by atoms with E-state index >= 15 is 0 Å². The van der Waals surface area contributed by atoms with Crippen LogP contribution in [0.2, 0.25) is 0 Å². The molecule has 0 saturated carbocycles.